The van der Waals surface area contributed by atoms with E-state index in [-0.39, 0.29) is 11.8 Å². The fraction of sp³-hybridized carbons (Fsp3) is 0.565. The average molecular weight is 409 g/mol. The molecule has 0 unspecified atom stereocenters. The lowest BCUT2D eigenvalue weighted by Gasteiger charge is -2.33. The molecule has 1 amide bonds. The van der Waals surface area contributed by atoms with Crippen LogP contribution in [0.15, 0.2) is 30.1 Å². The lowest BCUT2D eigenvalue weighted by Crippen LogP contribution is -2.43. The van der Waals surface area contributed by atoms with Crippen molar-refractivity contribution in [2.45, 2.75) is 58.8 Å². The minimum atomic E-state index is 0.00573. The van der Waals surface area contributed by atoms with Crippen LogP contribution in [0.1, 0.15) is 56.3 Å². The van der Waals surface area contributed by atoms with Gasteiger partial charge in [-0.2, -0.15) is 5.10 Å². The third-order valence-corrected chi connectivity index (χ3v) is 6.11. The molecular formula is C23H32N6O. The molecule has 0 radical (unpaired) electrons. The quantitative estimate of drug-likeness (QED) is 0.741. The van der Waals surface area contributed by atoms with Crippen LogP contribution >= 0.6 is 0 Å². The van der Waals surface area contributed by atoms with Crippen molar-refractivity contribution in [1.82, 2.24) is 25.1 Å². The molecule has 0 spiro atoms. The first-order chi connectivity index (χ1) is 14.6. The fourth-order valence-electron chi connectivity index (χ4n) is 4.51. The monoisotopic (exact) mass is 408 g/mol. The van der Waals surface area contributed by atoms with E-state index in [1.54, 1.807) is 6.33 Å². The van der Waals surface area contributed by atoms with Gasteiger partial charge in [-0.1, -0.05) is 11.6 Å². The van der Waals surface area contributed by atoms with Gasteiger partial charge in [-0.05, 0) is 64.9 Å². The maximum Gasteiger partial charge on any atom is 0.224 e. The number of aryl methyl sites for hydroxylation is 2. The molecule has 7 heteroatoms. The number of allylic oxidation sites excluding steroid dienone is 1. The summed E-state index contributed by atoms with van der Waals surface area (Å²) in [5, 5.41) is 7.69. The summed E-state index contributed by atoms with van der Waals surface area (Å²) >= 11 is 0. The van der Waals surface area contributed by atoms with Gasteiger partial charge in [0.05, 0.1) is 11.6 Å². The number of anilines is 1. The SMILES string of the molecule is Cc1cc(C)n(-c2cc(N3CCC[C@H](C(=O)NCCC4=CCCCC4)C3)ncn2)n1. The molecule has 30 heavy (non-hydrogen) atoms. The molecule has 7 nitrogen and oxygen atoms in total. The molecule has 2 aromatic heterocycles. The molecule has 160 valence electrons. The number of hydrogen-bond acceptors (Lipinski definition) is 5. The van der Waals surface area contributed by atoms with Crippen LogP contribution in [0.25, 0.3) is 5.82 Å². The second-order valence-corrected chi connectivity index (χ2v) is 8.51. The highest BCUT2D eigenvalue weighted by atomic mass is 16.1. The van der Waals surface area contributed by atoms with E-state index in [1.165, 1.54) is 31.3 Å². The van der Waals surface area contributed by atoms with Crippen LogP contribution in [0, 0.1) is 19.8 Å². The Morgan fingerprint density at radius 2 is 2.03 bits per heavy atom. The molecule has 1 aliphatic heterocycles. The number of amides is 1. The summed E-state index contributed by atoms with van der Waals surface area (Å²) in [6, 6.07) is 4.00. The summed E-state index contributed by atoms with van der Waals surface area (Å²) < 4.78 is 1.84. The van der Waals surface area contributed by atoms with E-state index in [0.717, 1.165) is 55.4 Å². The first-order valence-corrected chi connectivity index (χ1v) is 11.2. The Morgan fingerprint density at radius 3 is 2.80 bits per heavy atom. The minimum absolute atomic E-state index is 0.00573. The standard InChI is InChI=1S/C23H32N6O/c1-17-13-18(2)29(27-17)22-14-21(25-16-26-22)28-12-6-9-20(15-28)23(30)24-11-10-19-7-4-3-5-8-19/h7,13-14,16,20H,3-6,8-12,15H2,1-2H3,(H,24,30)/t20-/m0/s1. The van der Waals surface area contributed by atoms with Crippen molar-refractivity contribution in [1.29, 1.82) is 0 Å². The van der Waals surface area contributed by atoms with Crippen molar-refractivity contribution in [3.05, 3.63) is 41.5 Å². The first-order valence-electron chi connectivity index (χ1n) is 11.2. The molecule has 2 aliphatic rings. The fourth-order valence-corrected chi connectivity index (χ4v) is 4.51. The number of aromatic nitrogens is 4. The number of hydrogen-bond donors (Lipinski definition) is 1. The van der Waals surface area contributed by atoms with Gasteiger partial charge < -0.3 is 10.2 Å². The number of nitrogens with zero attached hydrogens (tertiary/aromatic N) is 5. The predicted octanol–water partition coefficient (Wildman–Crippen LogP) is 3.50. The summed E-state index contributed by atoms with van der Waals surface area (Å²) in [4.78, 5) is 23.8. The van der Waals surface area contributed by atoms with Gasteiger partial charge in [-0.25, -0.2) is 14.6 Å². The maximum atomic E-state index is 12.7. The summed E-state index contributed by atoms with van der Waals surface area (Å²) in [6.45, 7) is 6.35. The van der Waals surface area contributed by atoms with Crippen LogP contribution in [0.5, 0.6) is 0 Å². The zero-order chi connectivity index (χ0) is 20.9. The van der Waals surface area contributed by atoms with Crippen molar-refractivity contribution < 1.29 is 4.79 Å². The molecule has 0 bridgehead atoms. The van der Waals surface area contributed by atoms with Gasteiger partial charge in [0.2, 0.25) is 5.91 Å². The molecule has 1 saturated heterocycles. The number of nitrogens with one attached hydrogen (secondary N) is 1. The van der Waals surface area contributed by atoms with Gasteiger partial charge in [-0.3, -0.25) is 4.79 Å². The van der Waals surface area contributed by atoms with Gasteiger partial charge >= 0.3 is 0 Å². The summed E-state index contributed by atoms with van der Waals surface area (Å²) in [6.07, 6.45) is 11.8. The minimum Gasteiger partial charge on any atom is -0.356 e. The molecule has 0 saturated carbocycles. The normalized spacial score (nSPS) is 19.5. The Labute approximate surface area is 178 Å². The smallest absolute Gasteiger partial charge is 0.224 e. The summed E-state index contributed by atoms with van der Waals surface area (Å²) in [5.74, 6) is 1.80. The van der Waals surface area contributed by atoms with Crippen LogP contribution in [-0.4, -0.2) is 45.3 Å². The maximum absolute atomic E-state index is 12.7. The number of carbonyl (C=O) groups excluding carboxylic acids is 1. The summed E-state index contributed by atoms with van der Waals surface area (Å²) in [5.41, 5.74) is 3.51. The van der Waals surface area contributed by atoms with E-state index < -0.39 is 0 Å². The molecule has 1 atom stereocenters. The second kappa shape index (κ2) is 9.41. The van der Waals surface area contributed by atoms with Gasteiger partial charge in [0.1, 0.15) is 12.1 Å². The second-order valence-electron chi connectivity index (χ2n) is 8.51. The highest BCUT2D eigenvalue weighted by Crippen LogP contribution is 2.24. The van der Waals surface area contributed by atoms with E-state index in [1.807, 2.05) is 30.7 Å². The van der Waals surface area contributed by atoms with Gasteiger partial charge in [0, 0.05) is 31.4 Å². The zero-order valence-corrected chi connectivity index (χ0v) is 18.1. The van der Waals surface area contributed by atoms with E-state index in [2.05, 4.69) is 31.4 Å². The Balaban J connectivity index is 1.36. The van der Waals surface area contributed by atoms with E-state index in [4.69, 9.17) is 0 Å². The topological polar surface area (TPSA) is 75.9 Å². The van der Waals surface area contributed by atoms with Crippen molar-refractivity contribution >= 4 is 11.7 Å². The van der Waals surface area contributed by atoms with Crippen LogP contribution in [0.2, 0.25) is 0 Å². The molecule has 4 rings (SSSR count). The molecule has 3 heterocycles. The largest absolute Gasteiger partial charge is 0.356 e. The Hall–Kier alpha value is -2.70. The highest BCUT2D eigenvalue weighted by Gasteiger charge is 2.26. The van der Waals surface area contributed by atoms with Crippen molar-refractivity contribution in [3.63, 3.8) is 0 Å². The summed E-state index contributed by atoms with van der Waals surface area (Å²) in [7, 11) is 0. The molecule has 2 aromatic rings. The first kappa shape index (κ1) is 20.6. The zero-order valence-electron chi connectivity index (χ0n) is 18.1. The lowest BCUT2D eigenvalue weighted by molar-refractivity contribution is -0.125. The van der Waals surface area contributed by atoms with Crippen LogP contribution in [-0.2, 0) is 4.79 Å². The molecule has 1 aliphatic carbocycles. The molecule has 1 fully saturated rings. The van der Waals surface area contributed by atoms with Gasteiger partial charge in [0.15, 0.2) is 5.82 Å². The number of rotatable bonds is 6. The third-order valence-electron chi connectivity index (χ3n) is 6.11. The van der Waals surface area contributed by atoms with Crippen molar-refractivity contribution in [2.24, 2.45) is 5.92 Å². The van der Waals surface area contributed by atoms with Crippen molar-refractivity contribution in [2.75, 3.05) is 24.5 Å². The average Bonchev–Trinajstić information content (AvgIpc) is 3.12. The van der Waals surface area contributed by atoms with E-state index in [0.29, 0.717) is 6.54 Å². The number of piperidine rings is 1. The van der Waals surface area contributed by atoms with Crippen molar-refractivity contribution in [3.8, 4) is 5.82 Å². The number of carbonyl (C=O) groups is 1. The molecule has 0 aromatic carbocycles. The highest BCUT2D eigenvalue weighted by molar-refractivity contribution is 5.79. The lowest BCUT2D eigenvalue weighted by atomic mass is 9.96. The predicted molar refractivity (Wildman–Crippen MR) is 118 cm³/mol. The third kappa shape index (κ3) is 4.89. The van der Waals surface area contributed by atoms with Gasteiger partial charge in [-0.15, -0.1) is 0 Å². The van der Waals surface area contributed by atoms with E-state index in [9.17, 15) is 4.79 Å². The Morgan fingerprint density at radius 1 is 1.17 bits per heavy atom. The molecular weight excluding hydrogens is 376 g/mol. The van der Waals surface area contributed by atoms with Gasteiger partial charge in [0.25, 0.3) is 0 Å². The van der Waals surface area contributed by atoms with Crippen LogP contribution in [0.4, 0.5) is 5.82 Å². The Bertz CT molecular complexity index is 918. The Kier molecular flexibility index (Phi) is 6.45. The van der Waals surface area contributed by atoms with E-state index >= 15 is 0 Å². The van der Waals surface area contributed by atoms with Crippen LogP contribution in [0.3, 0.4) is 0 Å². The molecule has 1 N–H and O–H groups in total. The van der Waals surface area contributed by atoms with Crippen LogP contribution < -0.4 is 10.2 Å².